The molecule has 0 radical (unpaired) electrons. The van der Waals surface area contributed by atoms with Crippen LogP contribution in [0.2, 0.25) is 0 Å². The minimum absolute atomic E-state index is 0.243. The van der Waals surface area contributed by atoms with Gasteiger partial charge in [-0.1, -0.05) is 52.3 Å². The number of para-hydroxylation sites is 1. The Bertz CT molecular complexity index is 1120. The van der Waals surface area contributed by atoms with Gasteiger partial charge < -0.3 is 10.1 Å². The molecule has 0 saturated carbocycles. The number of urea groups is 1. The van der Waals surface area contributed by atoms with Crippen LogP contribution in [0, 0.1) is 18.3 Å². The summed E-state index contributed by atoms with van der Waals surface area (Å²) < 4.78 is 6.74. The third-order valence-electron chi connectivity index (χ3n) is 4.26. The van der Waals surface area contributed by atoms with Crippen molar-refractivity contribution < 1.29 is 9.53 Å². The Labute approximate surface area is 183 Å². The summed E-state index contributed by atoms with van der Waals surface area (Å²) in [6.07, 6.45) is 1.51. The van der Waals surface area contributed by atoms with Gasteiger partial charge in [0.15, 0.2) is 0 Å². The molecule has 0 spiro atoms. The van der Waals surface area contributed by atoms with Gasteiger partial charge in [0, 0.05) is 21.3 Å². The number of ether oxygens (including phenoxy) is 1. The van der Waals surface area contributed by atoms with Crippen LogP contribution in [-0.2, 0) is 6.61 Å². The smallest absolute Gasteiger partial charge is 0.339 e. The van der Waals surface area contributed by atoms with Gasteiger partial charge in [-0.05, 0) is 42.8 Å². The highest BCUT2D eigenvalue weighted by molar-refractivity contribution is 9.10. The van der Waals surface area contributed by atoms with Crippen LogP contribution in [0.25, 0.3) is 0 Å². The molecule has 3 rings (SSSR count). The van der Waals surface area contributed by atoms with Crippen molar-refractivity contribution in [2.45, 2.75) is 13.5 Å². The standard InChI is InChI=1S/C23H19BrN4O2/c1-16-6-2-5-9-21(16)27-23(29)28-26-14-19-12-20(24)10-11-22(19)30-15-18-8-4-3-7-17(18)13-25/h2-12,14H,15H2,1H3,(H2,27,28,29). The van der Waals surface area contributed by atoms with Gasteiger partial charge in [-0.25, -0.2) is 10.2 Å². The Morgan fingerprint density at radius 1 is 1.17 bits per heavy atom. The lowest BCUT2D eigenvalue weighted by atomic mass is 10.1. The first kappa shape index (κ1) is 21.1. The topological polar surface area (TPSA) is 86.5 Å². The quantitative estimate of drug-likeness (QED) is 0.381. The van der Waals surface area contributed by atoms with E-state index in [2.05, 4.69) is 37.8 Å². The number of nitriles is 1. The first-order valence-electron chi connectivity index (χ1n) is 9.13. The molecule has 30 heavy (non-hydrogen) atoms. The van der Waals surface area contributed by atoms with Crippen molar-refractivity contribution >= 4 is 33.9 Å². The number of carbonyl (C=O) groups excluding carboxylic acids is 1. The lowest BCUT2D eigenvalue weighted by molar-refractivity contribution is 0.252. The van der Waals surface area contributed by atoms with Crippen LogP contribution in [0.3, 0.4) is 0 Å². The van der Waals surface area contributed by atoms with E-state index in [9.17, 15) is 10.1 Å². The van der Waals surface area contributed by atoms with E-state index in [0.717, 1.165) is 15.6 Å². The Balaban J connectivity index is 1.67. The predicted molar refractivity (Wildman–Crippen MR) is 121 cm³/mol. The second-order valence-electron chi connectivity index (χ2n) is 6.38. The minimum Gasteiger partial charge on any atom is -0.488 e. The van der Waals surface area contributed by atoms with Crippen LogP contribution in [0.5, 0.6) is 5.75 Å². The maximum atomic E-state index is 12.1. The van der Waals surface area contributed by atoms with Gasteiger partial charge in [-0.2, -0.15) is 10.4 Å². The Morgan fingerprint density at radius 3 is 2.73 bits per heavy atom. The van der Waals surface area contributed by atoms with Gasteiger partial charge in [0.05, 0.1) is 17.8 Å². The molecule has 0 saturated heterocycles. The number of amides is 2. The van der Waals surface area contributed by atoms with Crippen LogP contribution in [0.4, 0.5) is 10.5 Å². The molecule has 3 aromatic rings. The van der Waals surface area contributed by atoms with Crippen molar-refractivity contribution in [2.24, 2.45) is 5.10 Å². The normalized spacial score (nSPS) is 10.4. The van der Waals surface area contributed by atoms with Crippen molar-refractivity contribution in [3.05, 3.63) is 93.5 Å². The number of carbonyl (C=O) groups is 1. The highest BCUT2D eigenvalue weighted by Gasteiger charge is 2.07. The SMILES string of the molecule is Cc1ccccc1NC(=O)NN=Cc1cc(Br)ccc1OCc1ccccc1C#N. The summed E-state index contributed by atoms with van der Waals surface area (Å²) in [6, 6.07) is 21.9. The van der Waals surface area contributed by atoms with Crippen LogP contribution in [-0.4, -0.2) is 12.2 Å². The van der Waals surface area contributed by atoms with E-state index in [1.165, 1.54) is 6.21 Å². The van der Waals surface area contributed by atoms with Gasteiger partial charge >= 0.3 is 6.03 Å². The maximum Gasteiger partial charge on any atom is 0.339 e. The van der Waals surface area contributed by atoms with Crippen LogP contribution in [0.1, 0.15) is 22.3 Å². The lowest BCUT2D eigenvalue weighted by Crippen LogP contribution is -2.24. The highest BCUT2D eigenvalue weighted by atomic mass is 79.9. The second kappa shape index (κ2) is 10.2. The van der Waals surface area contributed by atoms with E-state index in [1.807, 2.05) is 61.5 Å². The summed E-state index contributed by atoms with van der Waals surface area (Å²) in [5.41, 5.74) is 6.16. The number of hydrogen-bond donors (Lipinski definition) is 2. The number of nitrogens with one attached hydrogen (secondary N) is 2. The molecule has 0 aliphatic rings. The second-order valence-corrected chi connectivity index (χ2v) is 7.29. The molecule has 0 fully saturated rings. The lowest BCUT2D eigenvalue weighted by Gasteiger charge is -2.11. The minimum atomic E-state index is -0.444. The molecule has 0 aromatic heterocycles. The number of halogens is 1. The summed E-state index contributed by atoms with van der Waals surface area (Å²) in [4.78, 5) is 12.1. The zero-order chi connectivity index (χ0) is 21.3. The average molecular weight is 463 g/mol. The molecule has 6 nitrogen and oxygen atoms in total. The largest absolute Gasteiger partial charge is 0.488 e. The molecule has 0 atom stereocenters. The zero-order valence-electron chi connectivity index (χ0n) is 16.2. The highest BCUT2D eigenvalue weighted by Crippen LogP contribution is 2.23. The fourth-order valence-electron chi connectivity index (χ4n) is 2.69. The summed E-state index contributed by atoms with van der Waals surface area (Å²) in [6.45, 7) is 2.15. The number of hydrogen-bond acceptors (Lipinski definition) is 4. The number of anilines is 1. The number of nitrogens with zero attached hydrogens (tertiary/aromatic N) is 2. The Kier molecular flexibility index (Phi) is 7.19. The molecule has 3 aromatic carbocycles. The zero-order valence-corrected chi connectivity index (χ0v) is 17.8. The molecule has 150 valence electrons. The van der Waals surface area contributed by atoms with Gasteiger partial charge in [-0.3, -0.25) is 0 Å². The Morgan fingerprint density at radius 2 is 1.93 bits per heavy atom. The molecule has 0 heterocycles. The summed E-state index contributed by atoms with van der Waals surface area (Å²) in [5.74, 6) is 0.579. The van der Waals surface area contributed by atoms with E-state index >= 15 is 0 Å². The van der Waals surface area contributed by atoms with Crippen molar-refractivity contribution in [2.75, 3.05) is 5.32 Å². The van der Waals surface area contributed by atoms with Crippen molar-refractivity contribution in [3.63, 3.8) is 0 Å². The third-order valence-corrected chi connectivity index (χ3v) is 4.75. The van der Waals surface area contributed by atoms with Crippen LogP contribution >= 0.6 is 15.9 Å². The van der Waals surface area contributed by atoms with E-state index in [-0.39, 0.29) is 6.61 Å². The maximum absolute atomic E-state index is 12.1. The fourth-order valence-corrected chi connectivity index (χ4v) is 3.07. The first-order chi connectivity index (χ1) is 14.6. The average Bonchev–Trinajstić information content (AvgIpc) is 2.75. The third kappa shape index (κ3) is 5.69. The molecule has 7 heteroatoms. The molecular formula is C23H19BrN4O2. The van der Waals surface area contributed by atoms with E-state index in [0.29, 0.717) is 22.6 Å². The first-order valence-corrected chi connectivity index (χ1v) is 9.92. The van der Waals surface area contributed by atoms with Crippen LogP contribution < -0.4 is 15.5 Å². The van der Waals surface area contributed by atoms with Gasteiger partial charge in [-0.15, -0.1) is 0 Å². The number of benzene rings is 3. The predicted octanol–water partition coefficient (Wildman–Crippen LogP) is 5.36. The number of rotatable bonds is 6. The summed E-state index contributed by atoms with van der Waals surface area (Å²) in [7, 11) is 0. The fraction of sp³-hybridized carbons (Fsp3) is 0.0870. The van der Waals surface area contributed by atoms with Gasteiger partial charge in [0.1, 0.15) is 12.4 Å². The van der Waals surface area contributed by atoms with Crippen molar-refractivity contribution in [1.29, 1.82) is 5.26 Å². The van der Waals surface area contributed by atoms with Crippen LogP contribution in [0.15, 0.2) is 76.3 Å². The number of hydrazone groups is 1. The van der Waals surface area contributed by atoms with E-state index < -0.39 is 6.03 Å². The van der Waals surface area contributed by atoms with Gasteiger partial charge in [0.25, 0.3) is 0 Å². The number of aryl methyl sites for hydroxylation is 1. The molecule has 2 amide bonds. The van der Waals surface area contributed by atoms with E-state index in [4.69, 9.17) is 4.74 Å². The van der Waals surface area contributed by atoms with E-state index in [1.54, 1.807) is 12.1 Å². The monoisotopic (exact) mass is 462 g/mol. The molecule has 0 unspecified atom stereocenters. The molecular weight excluding hydrogens is 444 g/mol. The molecule has 0 bridgehead atoms. The summed E-state index contributed by atoms with van der Waals surface area (Å²) >= 11 is 3.43. The van der Waals surface area contributed by atoms with Crippen molar-refractivity contribution in [1.82, 2.24) is 5.43 Å². The van der Waals surface area contributed by atoms with Gasteiger partial charge in [0.2, 0.25) is 0 Å². The Hall–Kier alpha value is -3.63. The molecule has 0 aliphatic heterocycles. The molecule has 2 N–H and O–H groups in total. The molecule has 0 aliphatic carbocycles. The van der Waals surface area contributed by atoms with Crippen molar-refractivity contribution in [3.8, 4) is 11.8 Å². The summed E-state index contributed by atoms with van der Waals surface area (Å²) in [5, 5.41) is 16.0.